The Morgan fingerprint density at radius 2 is 1.90 bits per heavy atom. The van der Waals surface area contributed by atoms with E-state index in [0.29, 0.717) is 5.58 Å². The van der Waals surface area contributed by atoms with Gasteiger partial charge in [0.2, 0.25) is 0 Å². The molecule has 1 aromatic heterocycles. The average molecular weight is 420 g/mol. The summed E-state index contributed by atoms with van der Waals surface area (Å²) >= 11 is 0. The third-order valence-electron chi connectivity index (χ3n) is 5.87. The van der Waals surface area contributed by atoms with Crippen molar-refractivity contribution in [3.8, 4) is 5.75 Å². The molecule has 0 unspecified atom stereocenters. The second kappa shape index (κ2) is 7.96. The summed E-state index contributed by atoms with van der Waals surface area (Å²) in [5.74, 6) is 0.250. The van der Waals surface area contributed by atoms with Crippen LogP contribution in [0.15, 0.2) is 46.9 Å². The Morgan fingerprint density at radius 3 is 2.71 bits per heavy atom. The molecule has 0 aliphatic carbocycles. The molecule has 2 amide bonds. The minimum absolute atomic E-state index is 0.0798. The molecule has 0 atom stereocenters. The van der Waals surface area contributed by atoms with E-state index in [2.05, 4.69) is 21.2 Å². The monoisotopic (exact) mass is 420 g/mol. The van der Waals surface area contributed by atoms with E-state index in [0.717, 1.165) is 61.7 Å². The van der Waals surface area contributed by atoms with Gasteiger partial charge in [-0.05, 0) is 48.4 Å². The van der Waals surface area contributed by atoms with Crippen LogP contribution in [0.2, 0.25) is 0 Å². The van der Waals surface area contributed by atoms with E-state index in [1.54, 1.807) is 6.07 Å². The van der Waals surface area contributed by atoms with E-state index in [1.165, 1.54) is 5.56 Å². The summed E-state index contributed by atoms with van der Waals surface area (Å²) < 4.78 is 10.9. The number of hydrogen-bond acceptors (Lipinski definition) is 6. The number of rotatable bonds is 5. The van der Waals surface area contributed by atoms with Gasteiger partial charge >= 0.3 is 0 Å². The topological polar surface area (TPSA) is 101 Å². The van der Waals surface area contributed by atoms with Crippen LogP contribution in [0.4, 0.5) is 11.4 Å². The summed E-state index contributed by atoms with van der Waals surface area (Å²) in [4.78, 5) is 27.6. The van der Waals surface area contributed by atoms with Crippen molar-refractivity contribution in [3.63, 3.8) is 0 Å². The standard InChI is InChI=1S/C23H24N4O4/c24-23(29)21-13-16-12-17(2-4-19(16)31-21)27-9-7-26(8-10-27)6-5-15-1-3-20-18(11-15)25-22(28)14-30-20/h1-4,11-13H,5-10,14H2,(H2,24,29)(H,25,28). The Morgan fingerprint density at radius 1 is 1.06 bits per heavy atom. The Kier molecular flexibility index (Phi) is 4.99. The number of fused-ring (bicyclic) bond motifs is 2. The molecule has 0 saturated carbocycles. The molecule has 2 aliphatic heterocycles. The lowest BCUT2D eigenvalue weighted by molar-refractivity contribution is -0.118. The Hall–Kier alpha value is -3.52. The second-order valence-corrected chi connectivity index (χ2v) is 7.94. The van der Waals surface area contributed by atoms with Gasteiger partial charge in [0, 0.05) is 43.8 Å². The smallest absolute Gasteiger partial charge is 0.284 e. The van der Waals surface area contributed by atoms with Crippen LogP contribution < -0.4 is 20.7 Å². The van der Waals surface area contributed by atoms with Gasteiger partial charge in [-0.25, -0.2) is 0 Å². The number of nitrogens with one attached hydrogen (secondary N) is 1. The van der Waals surface area contributed by atoms with Gasteiger partial charge in [-0.1, -0.05) is 6.07 Å². The molecule has 1 saturated heterocycles. The van der Waals surface area contributed by atoms with Crippen molar-refractivity contribution < 1.29 is 18.7 Å². The zero-order valence-corrected chi connectivity index (χ0v) is 17.1. The lowest BCUT2D eigenvalue weighted by atomic mass is 10.1. The number of furan rings is 1. The molecule has 3 N–H and O–H groups in total. The maximum absolute atomic E-state index is 11.5. The highest BCUT2D eigenvalue weighted by Gasteiger charge is 2.19. The number of anilines is 2. The molecule has 8 nitrogen and oxygen atoms in total. The lowest BCUT2D eigenvalue weighted by Crippen LogP contribution is -2.47. The predicted octanol–water partition coefficient (Wildman–Crippen LogP) is 2.23. The van der Waals surface area contributed by atoms with Gasteiger partial charge < -0.3 is 25.1 Å². The zero-order valence-electron chi connectivity index (χ0n) is 17.1. The molecule has 2 aliphatic rings. The summed E-state index contributed by atoms with van der Waals surface area (Å²) in [5, 5.41) is 3.75. The third-order valence-corrected chi connectivity index (χ3v) is 5.87. The lowest BCUT2D eigenvalue weighted by Gasteiger charge is -2.36. The fraction of sp³-hybridized carbons (Fsp3) is 0.304. The number of nitrogens with zero attached hydrogens (tertiary/aromatic N) is 2. The quantitative estimate of drug-likeness (QED) is 0.657. The van der Waals surface area contributed by atoms with E-state index < -0.39 is 5.91 Å². The Labute approximate surface area is 179 Å². The van der Waals surface area contributed by atoms with Crippen molar-refractivity contribution in [2.75, 3.05) is 49.5 Å². The minimum Gasteiger partial charge on any atom is -0.482 e. The number of carbonyl (C=O) groups is 2. The van der Waals surface area contributed by atoms with Gasteiger partial charge in [0.1, 0.15) is 11.3 Å². The molecule has 5 rings (SSSR count). The van der Waals surface area contributed by atoms with E-state index >= 15 is 0 Å². The molecule has 0 spiro atoms. The minimum atomic E-state index is -0.555. The van der Waals surface area contributed by atoms with Crippen LogP contribution in [0.3, 0.4) is 0 Å². The molecule has 3 heterocycles. The Balaban J connectivity index is 1.17. The van der Waals surface area contributed by atoms with Crippen molar-refractivity contribution in [1.82, 2.24) is 4.90 Å². The maximum Gasteiger partial charge on any atom is 0.284 e. The largest absolute Gasteiger partial charge is 0.482 e. The summed E-state index contributed by atoms with van der Waals surface area (Å²) in [7, 11) is 0. The molecular formula is C23H24N4O4. The molecule has 31 heavy (non-hydrogen) atoms. The number of hydrogen-bond donors (Lipinski definition) is 2. The normalized spacial score (nSPS) is 16.6. The Bertz CT molecular complexity index is 1150. The number of piperazine rings is 1. The first kappa shape index (κ1) is 19.4. The van der Waals surface area contributed by atoms with E-state index in [4.69, 9.17) is 14.9 Å². The van der Waals surface area contributed by atoms with E-state index in [1.807, 2.05) is 30.3 Å². The highest BCUT2D eigenvalue weighted by Crippen LogP contribution is 2.29. The van der Waals surface area contributed by atoms with Gasteiger partial charge in [0.25, 0.3) is 11.8 Å². The fourth-order valence-electron chi connectivity index (χ4n) is 4.15. The van der Waals surface area contributed by atoms with E-state index in [-0.39, 0.29) is 18.3 Å². The number of ether oxygens (including phenoxy) is 1. The average Bonchev–Trinajstić information content (AvgIpc) is 3.21. The van der Waals surface area contributed by atoms with Crippen LogP contribution in [-0.2, 0) is 11.2 Å². The van der Waals surface area contributed by atoms with Crippen molar-refractivity contribution in [1.29, 1.82) is 0 Å². The zero-order chi connectivity index (χ0) is 21.4. The molecule has 3 aromatic rings. The highest BCUT2D eigenvalue weighted by molar-refractivity contribution is 5.96. The van der Waals surface area contributed by atoms with Crippen LogP contribution in [-0.4, -0.2) is 56.0 Å². The van der Waals surface area contributed by atoms with Crippen LogP contribution in [0, 0.1) is 0 Å². The first-order valence-corrected chi connectivity index (χ1v) is 10.4. The first-order valence-electron chi connectivity index (χ1n) is 10.4. The molecule has 160 valence electrons. The van der Waals surface area contributed by atoms with Gasteiger partial charge in [-0.2, -0.15) is 0 Å². The molecule has 2 aromatic carbocycles. The number of benzene rings is 2. The van der Waals surface area contributed by atoms with Crippen LogP contribution >= 0.6 is 0 Å². The van der Waals surface area contributed by atoms with Crippen LogP contribution in [0.1, 0.15) is 16.1 Å². The SMILES string of the molecule is NC(=O)c1cc2cc(N3CCN(CCc4ccc5c(c4)NC(=O)CO5)CC3)ccc2o1. The highest BCUT2D eigenvalue weighted by atomic mass is 16.5. The van der Waals surface area contributed by atoms with Crippen molar-refractivity contribution in [3.05, 3.63) is 53.8 Å². The molecule has 8 heteroatoms. The number of carbonyl (C=O) groups excluding carboxylic acids is 2. The van der Waals surface area contributed by atoms with Gasteiger partial charge in [-0.15, -0.1) is 0 Å². The fourth-order valence-corrected chi connectivity index (χ4v) is 4.15. The van der Waals surface area contributed by atoms with Crippen LogP contribution in [0.25, 0.3) is 11.0 Å². The summed E-state index contributed by atoms with van der Waals surface area (Å²) in [6, 6.07) is 13.7. The first-order chi connectivity index (χ1) is 15.0. The molecule has 0 radical (unpaired) electrons. The maximum atomic E-state index is 11.5. The molecule has 0 bridgehead atoms. The van der Waals surface area contributed by atoms with Gasteiger partial charge in [0.15, 0.2) is 12.4 Å². The van der Waals surface area contributed by atoms with E-state index in [9.17, 15) is 9.59 Å². The summed E-state index contributed by atoms with van der Waals surface area (Å²) in [5.41, 5.74) is 9.04. The second-order valence-electron chi connectivity index (χ2n) is 7.94. The van der Waals surface area contributed by atoms with Crippen molar-refractivity contribution >= 4 is 34.2 Å². The summed E-state index contributed by atoms with van der Waals surface area (Å²) in [6.07, 6.45) is 0.917. The van der Waals surface area contributed by atoms with Crippen LogP contribution in [0.5, 0.6) is 5.75 Å². The van der Waals surface area contributed by atoms with Crippen molar-refractivity contribution in [2.24, 2.45) is 5.73 Å². The number of primary amides is 1. The van der Waals surface area contributed by atoms with Crippen molar-refractivity contribution in [2.45, 2.75) is 6.42 Å². The van der Waals surface area contributed by atoms with Gasteiger partial charge in [0.05, 0.1) is 5.69 Å². The number of nitrogens with two attached hydrogens (primary N) is 1. The predicted molar refractivity (Wildman–Crippen MR) is 118 cm³/mol. The molecule has 1 fully saturated rings. The van der Waals surface area contributed by atoms with Gasteiger partial charge in [-0.3, -0.25) is 14.5 Å². The third kappa shape index (κ3) is 4.06. The summed E-state index contributed by atoms with van der Waals surface area (Å²) in [6.45, 7) is 4.85. The number of amides is 2. The molecular weight excluding hydrogens is 396 g/mol.